The van der Waals surface area contributed by atoms with Crippen LogP contribution in [0.2, 0.25) is 0 Å². The van der Waals surface area contributed by atoms with Gasteiger partial charge in [0.1, 0.15) is 0 Å². The third-order valence-electron chi connectivity index (χ3n) is 3.00. The molecular formula is C11H22N2O2. The van der Waals surface area contributed by atoms with Crippen molar-refractivity contribution in [3.05, 3.63) is 0 Å². The minimum atomic E-state index is -0.690. The SMILES string of the molecule is N[C@H]1CCCCN1CCCCCC(=O)O. The van der Waals surface area contributed by atoms with E-state index >= 15 is 0 Å². The minimum Gasteiger partial charge on any atom is -0.481 e. The van der Waals surface area contributed by atoms with E-state index in [9.17, 15) is 4.79 Å². The van der Waals surface area contributed by atoms with Gasteiger partial charge in [-0.3, -0.25) is 9.69 Å². The molecule has 0 bridgehead atoms. The van der Waals surface area contributed by atoms with E-state index in [4.69, 9.17) is 10.8 Å². The molecule has 1 heterocycles. The zero-order valence-electron chi connectivity index (χ0n) is 9.32. The van der Waals surface area contributed by atoms with Crippen molar-refractivity contribution in [1.82, 2.24) is 4.90 Å². The van der Waals surface area contributed by atoms with Crippen LogP contribution < -0.4 is 5.73 Å². The number of nitrogens with zero attached hydrogens (tertiary/aromatic N) is 1. The van der Waals surface area contributed by atoms with Gasteiger partial charge in [0.2, 0.25) is 0 Å². The third kappa shape index (κ3) is 5.14. The zero-order chi connectivity index (χ0) is 11.1. The summed E-state index contributed by atoms with van der Waals surface area (Å²) in [6.07, 6.45) is 6.99. The first-order valence-corrected chi connectivity index (χ1v) is 5.91. The number of aliphatic carboxylic acids is 1. The highest BCUT2D eigenvalue weighted by Crippen LogP contribution is 2.14. The second-order valence-electron chi connectivity index (χ2n) is 4.30. The Labute approximate surface area is 91.4 Å². The number of hydrogen-bond donors (Lipinski definition) is 2. The van der Waals surface area contributed by atoms with Crippen molar-refractivity contribution in [2.45, 2.75) is 51.1 Å². The van der Waals surface area contributed by atoms with Crippen LogP contribution in [-0.4, -0.2) is 35.2 Å². The van der Waals surface area contributed by atoms with Gasteiger partial charge in [0.15, 0.2) is 0 Å². The first kappa shape index (κ1) is 12.5. The Hall–Kier alpha value is -0.610. The normalized spacial score (nSPS) is 22.9. The molecule has 3 N–H and O–H groups in total. The Balaban J connectivity index is 2.01. The molecule has 4 heteroatoms. The topological polar surface area (TPSA) is 66.6 Å². The minimum absolute atomic E-state index is 0.234. The van der Waals surface area contributed by atoms with Gasteiger partial charge in [-0.1, -0.05) is 6.42 Å². The van der Waals surface area contributed by atoms with Crippen LogP contribution in [0, 0.1) is 0 Å². The predicted molar refractivity (Wildman–Crippen MR) is 59.5 cm³/mol. The molecule has 1 atom stereocenters. The number of carbonyl (C=O) groups is 1. The van der Waals surface area contributed by atoms with Crippen molar-refractivity contribution in [2.75, 3.05) is 13.1 Å². The lowest BCUT2D eigenvalue weighted by molar-refractivity contribution is -0.137. The maximum absolute atomic E-state index is 10.3. The van der Waals surface area contributed by atoms with Gasteiger partial charge in [0.05, 0.1) is 6.17 Å². The second kappa shape index (κ2) is 6.80. The quantitative estimate of drug-likeness (QED) is 0.656. The Morgan fingerprint density at radius 1 is 1.33 bits per heavy atom. The van der Waals surface area contributed by atoms with Crippen molar-refractivity contribution in [2.24, 2.45) is 5.73 Å². The fourth-order valence-electron chi connectivity index (χ4n) is 2.06. The monoisotopic (exact) mass is 214 g/mol. The molecule has 0 radical (unpaired) electrons. The maximum atomic E-state index is 10.3. The summed E-state index contributed by atoms with van der Waals surface area (Å²) in [7, 11) is 0. The van der Waals surface area contributed by atoms with E-state index in [1.807, 2.05) is 0 Å². The largest absolute Gasteiger partial charge is 0.481 e. The molecule has 1 saturated heterocycles. The summed E-state index contributed by atoms with van der Waals surface area (Å²) >= 11 is 0. The summed E-state index contributed by atoms with van der Waals surface area (Å²) in [4.78, 5) is 12.6. The Morgan fingerprint density at radius 2 is 2.13 bits per heavy atom. The van der Waals surface area contributed by atoms with E-state index in [2.05, 4.69) is 4.90 Å². The van der Waals surface area contributed by atoms with E-state index in [0.29, 0.717) is 6.42 Å². The fourth-order valence-corrected chi connectivity index (χ4v) is 2.06. The molecular weight excluding hydrogens is 192 g/mol. The highest BCUT2D eigenvalue weighted by Gasteiger charge is 2.17. The summed E-state index contributed by atoms with van der Waals surface area (Å²) in [5.41, 5.74) is 5.97. The molecule has 0 amide bonds. The molecule has 1 aliphatic rings. The molecule has 0 spiro atoms. The number of likely N-dealkylation sites (tertiary alicyclic amines) is 1. The van der Waals surface area contributed by atoms with Gasteiger partial charge in [-0.2, -0.15) is 0 Å². The van der Waals surface area contributed by atoms with Crippen molar-refractivity contribution in [3.8, 4) is 0 Å². The highest BCUT2D eigenvalue weighted by atomic mass is 16.4. The van der Waals surface area contributed by atoms with E-state index in [1.165, 1.54) is 12.8 Å². The molecule has 0 unspecified atom stereocenters. The van der Waals surface area contributed by atoms with E-state index in [0.717, 1.165) is 38.8 Å². The molecule has 1 rings (SSSR count). The van der Waals surface area contributed by atoms with Crippen LogP contribution >= 0.6 is 0 Å². The van der Waals surface area contributed by atoms with Gasteiger partial charge in [-0.25, -0.2) is 0 Å². The average Bonchev–Trinajstić information content (AvgIpc) is 2.20. The number of rotatable bonds is 6. The standard InChI is InChI=1S/C11H22N2O2/c12-10-6-3-5-9-13(10)8-4-1-2-7-11(14)15/h10H,1-9,12H2,(H,14,15)/t10-/m1/s1. The van der Waals surface area contributed by atoms with Crippen molar-refractivity contribution in [1.29, 1.82) is 0 Å². The van der Waals surface area contributed by atoms with E-state index in [1.54, 1.807) is 0 Å². The van der Waals surface area contributed by atoms with Crippen LogP contribution in [0.25, 0.3) is 0 Å². The number of piperidine rings is 1. The van der Waals surface area contributed by atoms with Crippen molar-refractivity contribution in [3.63, 3.8) is 0 Å². The maximum Gasteiger partial charge on any atom is 0.303 e. The van der Waals surface area contributed by atoms with Crippen LogP contribution in [0.15, 0.2) is 0 Å². The molecule has 0 aromatic carbocycles. The van der Waals surface area contributed by atoms with Crippen LogP contribution in [0.4, 0.5) is 0 Å². The van der Waals surface area contributed by atoms with Gasteiger partial charge in [-0.15, -0.1) is 0 Å². The summed E-state index contributed by atoms with van der Waals surface area (Å²) in [6, 6.07) is 0. The number of carboxylic acids is 1. The molecule has 0 aromatic rings. The number of hydrogen-bond acceptors (Lipinski definition) is 3. The third-order valence-corrected chi connectivity index (χ3v) is 3.00. The van der Waals surface area contributed by atoms with Gasteiger partial charge in [0.25, 0.3) is 0 Å². The lowest BCUT2D eigenvalue weighted by Gasteiger charge is -2.32. The van der Waals surface area contributed by atoms with Crippen LogP contribution in [-0.2, 0) is 4.79 Å². The first-order valence-electron chi connectivity index (χ1n) is 5.91. The summed E-state index contributed by atoms with van der Waals surface area (Å²) < 4.78 is 0. The van der Waals surface area contributed by atoms with Gasteiger partial charge in [-0.05, 0) is 45.2 Å². The lowest BCUT2D eigenvalue weighted by atomic mass is 10.1. The molecule has 0 aliphatic carbocycles. The molecule has 0 aromatic heterocycles. The second-order valence-corrected chi connectivity index (χ2v) is 4.30. The van der Waals surface area contributed by atoms with Crippen LogP contribution in [0.5, 0.6) is 0 Å². The molecule has 0 saturated carbocycles. The first-order chi connectivity index (χ1) is 7.20. The Kier molecular flexibility index (Phi) is 5.65. The highest BCUT2D eigenvalue weighted by molar-refractivity contribution is 5.66. The Bertz CT molecular complexity index is 197. The van der Waals surface area contributed by atoms with Gasteiger partial charge >= 0.3 is 5.97 Å². The molecule has 15 heavy (non-hydrogen) atoms. The molecule has 88 valence electrons. The predicted octanol–water partition coefficient (Wildman–Crippen LogP) is 1.40. The van der Waals surface area contributed by atoms with Crippen molar-refractivity contribution >= 4 is 5.97 Å². The van der Waals surface area contributed by atoms with Crippen LogP contribution in [0.3, 0.4) is 0 Å². The average molecular weight is 214 g/mol. The van der Waals surface area contributed by atoms with Crippen LogP contribution in [0.1, 0.15) is 44.9 Å². The number of carboxylic acid groups (broad SMARTS) is 1. The summed E-state index contributed by atoms with van der Waals surface area (Å²) in [5, 5.41) is 8.47. The number of unbranched alkanes of at least 4 members (excludes halogenated alkanes) is 2. The van der Waals surface area contributed by atoms with Gasteiger partial charge < -0.3 is 10.8 Å². The van der Waals surface area contributed by atoms with E-state index in [-0.39, 0.29) is 6.17 Å². The van der Waals surface area contributed by atoms with Gasteiger partial charge in [0, 0.05) is 6.42 Å². The van der Waals surface area contributed by atoms with E-state index < -0.39 is 5.97 Å². The summed E-state index contributed by atoms with van der Waals surface area (Å²) in [5.74, 6) is -0.690. The molecule has 4 nitrogen and oxygen atoms in total. The number of nitrogens with two attached hydrogens (primary N) is 1. The zero-order valence-corrected chi connectivity index (χ0v) is 9.32. The molecule has 1 fully saturated rings. The lowest BCUT2D eigenvalue weighted by Crippen LogP contribution is -2.45. The molecule has 1 aliphatic heterocycles. The fraction of sp³-hybridized carbons (Fsp3) is 0.909. The smallest absolute Gasteiger partial charge is 0.303 e. The Morgan fingerprint density at radius 3 is 2.80 bits per heavy atom. The van der Waals surface area contributed by atoms with Crippen molar-refractivity contribution < 1.29 is 9.90 Å². The summed E-state index contributed by atoms with van der Waals surface area (Å²) in [6.45, 7) is 2.14.